The standard InChI is InChI=1S/C31H35N3O6/c35-31(36)34-14-13-27(30(20-34)40-18-17-39-26-11-12-28-29(19-26)33-22-32-28)24-7-9-25(10-8-24)38-16-4-15-37-21-23-5-2-1-3-6-23/h1-3,5-12,19,22,27,30H,4,13-18,20-21H2,(H,32,33)(H,35,36). The fraction of sp³-hybridized carbons (Fsp3) is 0.355. The number of aromatic nitrogens is 2. The molecular weight excluding hydrogens is 510 g/mol. The van der Waals surface area contributed by atoms with Gasteiger partial charge in [0.1, 0.15) is 18.1 Å². The Morgan fingerprint density at radius 1 is 0.950 bits per heavy atom. The maximum Gasteiger partial charge on any atom is 0.407 e. The molecule has 0 bridgehead atoms. The highest BCUT2D eigenvalue weighted by Crippen LogP contribution is 2.32. The van der Waals surface area contributed by atoms with Gasteiger partial charge in [-0.1, -0.05) is 42.5 Å². The quantitative estimate of drug-likeness (QED) is 0.214. The Kier molecular flexibility index (Phi) is 9.50. The highest BCUT2D eigenvalue weighted by Gasteiger charge is 2.33. The van der Waals surface area contributed by atoms with Crippen molar-refractivity contribution in [2.24, 2.45) is 0 Å². The van der Waals surface area contributed by atoms with Gasteiger partial charge in [0.15, 0.2) is 0 Å². The zero-order valence-electron chi connectivity index (χ0n) is 22.4. The minimum absolute atomic E-state index is 0.0809. The highest BCUT2D eigenvalue weighted by atomic mass is 16.5. The lowest BCUT2D eigenvalue weighted by atomic mass is 9.87. The molecule has 9 heteroatoms. The van der Waals surface area contributed by atoms with Crippen molar-refractivity contribution in [1.29, 1.82) is 0 Å². The number of amides is 1. The van der Waals surface area contributed by atoms with Crippen molar-refractivity contribution < 1.29 is 28.8 Å². The summed E-state index contributed by atoms with van der Waals surface area (Å²) in [4.78, 5) is 20.3. The predicted molar refractivity (Wildman–Crippen MR) is 151 cm³/mol. The third-order valence-electron chi connectivity index (χ3n) is 7.03. The van der Waals surface area contributed by atoms with Crippen LogP contribution in [0.1, 0.15) is 29.9 Å². The fourth-order valence-electron chi connectivity index (χ4n) is 4.93. The summed E-state index contributed by atoms with van der Waals surface area (Å²) in [6.45, 7) is 3.32. The van der Waals surface area contributed by atoms with E-state index in [2.05, 4.69) is 34.2 Å². The van der Waals surface area contributed by atoms with E-state index in [0.29, 0.717) is 52.5 Å². The number of carbonyl (C=O) groups is 1. The number of ether oxygens (including phenoxy) is 4. The van der Waals surface area contributed by atoms with Crippen LogP contribution in [0.25, 0.3) is 11.0 Å². The average Bonchev–Trinajstić information content (AvgIpc) is 3.46. The molecule has 1 aromatic heterocycles. The molecule has 1 aliphatic rings. The maximum atomic E-state index is 11.6. The molecule has 9 nitrogen and oxygen atoms in total. The van der Waals surface area contributed by atoms with Crippen LogP contribution < -0.4 is 9.47 Å². The van der Waals surface area contributed by atoms with Crippen LogP contribution in [0, 0.1) is 0 Å². The molecule has 2 unspecified atom stereocenters. The molecule has 0 aliphatic carbocycles. The van der Waals surface area contributed by atoms with Crippen LogP contribution in [0.5, 0.6) is 11.5 Å². The molecule has 5 rings (SSSR count). The van der Waals surface area contributed by atoms with E-state index in [4.69, 9.17) is 18.9 Å². The first kappa shape index (κ1) is 27.5. The van der Waals surface area contributed by atoms with E-state index < -0.39 is 6.09 Å². The van der Waals surface area contributed by atoms with Crippen LogP contribution in [-0.4, -0.2) is 71.7 Å². The summed E-state index contributed by atoms with van der Waals surface area (Å²) < 4.78 is 23.7. The Bertz CT molecular complexity index is 1340. The molecule has 4 aromatic rings. The van der Waals surface area contributed by atoms with Crippen molar-refractivity contribution in [3.8, 4) is 11.5 Å². The molecule has 2 N–H and O–H groups in total. The smallest absolute Gasteiger partial charge is 0.407 e. The number of nitrogens with zero attached hydrogens (tertiary/aromatic N) is 2. The topological polar surface area (TPSA) is 106 Å². The second-order valence-corrected chi connectivity index (χ2v) is 9.77. The lowest BCUT2D eigenvalue weighted by Gasteiger charge is -2.37. The van der Waals surface area contributed by atoms with Gasteiger partial charge in [0, 0.05) is 24.9 Å². The second-order valence-electron chi connectivity index (χ2n) is 9.77. The number of benzene rings is 3. The van der Waals surface area contributed by atoms with Gasteiger partial charge in [0.25, 0.3) is 0 Å². The molecule has 0 radical (unpaired) electrons. The summed E-state index contributed by atoms with van der Waals surface area (Å²) in [5, 5.41) is 9.54. The predicted octanol–water partition coefficient (Wildman–Crippen LogP) is 5.48. The van der Waals surface area contributed by atoms with E-state index in [1.54, 1.807) is 6.33 Å². The molecule has 2 atom stereocenters. The van der Waals surface area contributed by atoms with E-state index in [0.717, 1.165) is 40.1 Å². The summed E-state index contributed by atoms with van der Waals surface area (Å²) in [5.41, 5.74) is 4.06. The van der Waals surface area contributed by atoms with Crippen LogP contribution in [-0.2, 0) is 16.1 Å². The van der Waals surface area contributed by atoms with E-state index in [1.807, 2.05) is 48.5 Å². The largest absolute Gasteiger partial charge is 0.494 e. The van der Waals surface area contributed by atoms with Crippen LogP contribution in [0.4, 0.5) is 4.79 Å². The molecule has 1 fully saturated rings. The molecule has 40 heavy (non-hydrogen) atoms. The fourth-order valence-corrected chi connectivity index (χ4v) is 4.93. The van der Waals surface area contributed by atoms with Crippen molar-refractivity contribution in [3.63, 3.8) is 0 Å². The zero-order chi connectivity index (χ0) is 27.6. The van der Waals surface area contributed by atoms with Crippen molar-refractivity contribution in [2.45, 2.75) is 31.5 Å². The minimum Gasteiger partial charge on any atom is -0.494 e. The molecule has 3 aromatic carbocycles. The number of imidazole rings is 1. The van der Waals surface area contributed by atoms with Crippen LogP contribution in [0.2, 0.25) is 0 Å². The van der Waals surface area contributed by atoms with Crippen molar-refractivity contribution in [2.75, 3.05) is 39.5 Å². The first-order valence-corrected chi connectivity index (χ1v) is 13.7. The first-order valence-electron chi connectivity index (χ1n) is 13.7. The van der Waals surface area contributed by atoms with Gasteiger partial charge in [-0.3, -0.25) is 0 Å². The number of aromatic amines is 1. The van der Waals surface area contributed by atoms with Crippen molar-refractivity contribution in [1.82, 2.24) is 14.9 Å². The summed E-state index contributed by atoms with van der Waals surface area (Å²) >= 11 is 0. The summed E-state index contributed by atoms with van der Waals surface area (Å²) in [6, 6.07) is 23.8. The number of H-pyrrole nitrogens is 1. The normalized spacial score (nSPS) is 17.1. The molecule has 1 aliphatic heterocycles. The number of nitrogens with one attached hydrogen (secondary N) is 1. The molecular formula is C31H35N3O6. The highest BCUT2D eigenvalue weighted by molar-refractivity contribution is 5.75. The molecule has 0 saturated carbocycles. The van der Waals surface area contributed by atoms with Gasteiger partial charge in [-0.25, -0.2) is 9.78 Å². The second kappa shape index (κ2) is 13.8. The molecule has 1 amide bonds. The SMILES string of the molecule is O=C(O)N1CCC(c2ccc(OCCCOCc3ccccc3)cc2)C(OCCOc2ccc3nc[nH]c3c2)C1. The number of piperidine rings is 1. The van der Waals surface area contributed by atoms with E-state index in [1.165, 1.54) is 4.90 Å². The summed E-state index contributed by atoms with van der Waals surface area (Å²) in [5.74, 6) is 1.61. The Morgan fingerprint density at radius 3 is 2.58 bits per heavy atom. The third kappa shape index (κ3) is 7.52. The van der Waals surface area contributed by atoms with Gasteiger partial charge < -0.3 is 33.9 Å². The van der Waals surface area contributed by atoms with Gasteiger partial charge in [0.2, 0.25) is 0 Å². The molecule has 1 saturated heterocycles. The lowest BCUT2D eigenvalue weighted by molar-refractivity contribution is -0.0206. The molecule has 0 spiro atoms. The average molecular weight is 546 g/mol. The number of rotatable bonds is 13. The maximum absolute atomic E-state index is 11.6. The number of fused-ring (bicyclic) bond motifs is 1. The number of likely N-dealkylation sites (tertiary alicyclic amines) is 1. The Morgan fingerprint density at radius 2 is 1.75 bits per heavy atom. The van der Waals surface area contributed by atoms with E-state index in [9.17, 15) is 9.90 Å². The van der Waals surface area contributed by atoms with E-state index >= 15 is 0 Å². The Labute approximate surface area is 233 Å². The Balaban J connectivity index is 1.08. The van der Waals surface area contributed by atoms with Gasteiger partial charge in [-0.15, -0.1) is 0 Å². The molecule has 210 valence electrons. The van der Waals surface area contributed by atoms with Gasteiger partial charge in [-0.05, 0) is 41.8 Å². The van der Waals surface area contributed by atoms with Crippen LogP contribution >= 0.6 is 0 Å². The Hall–Kier alpha value is -4.08. The third-order valence-corrected chi connectivity index (χ3v) is 7.03. The van der Waals surface area contributed by atoms with Crippen LogP contribution in [0.3, 0.4) is 0 Å². The minimum atomic E-state index is -0.923. The molecule has 2 heterocycles. The monoisotopic (exact) mass is 545 g/mol. The van der Waals surface area contributed by atoms with Crippen LogP contribution in [0.15, 0.2) is 79.1 Å². The number of hydrogen-bond acceptors (Lipinski definition) is 6. The van der Waals surface area contributed by atoms with Gasteiger partial charge in [0.05, 0.1) is 56.4 Å². The lowest BCUT2D eigenvalue weighted by Crippen LogP contribution is -2.46. The summed E-state index contributed by atoms with van der Waals surface area (Å²) in [7, 11) is 0. The first-order chi connectivity index (χ1) is 19.7. The van der Waals surface area contributed by atoms with Crippen molar-refractivity contribution >= 4 is 17.1 Å². The zero-order valence-corrected chi connectivity index (χ0v) is 22.4. The summed E-state index contributed by atoms with van der Waals surface area (Å²) in [6.07, 6.45) is 1.95. The number of carboxylic acid groups (broad SMARTS) is 1. The van der Waals surface area contributed by atoms with Gasteiger partial charge in [-0.2, -0.15) is 0 Å². The van der Waals surface area contributed by atoms with Gasteiger partial charge >= 0.3 is 6.09 Å². The number of hydrogen-bond donors (Lipinski definition) is 2. The van der Waals surface area contributed by atoms with E-state index in [-0.39, 0.29) is 12.0 Å². The van der Waals surface area contributed by atoms with Crippen molar-refractivity contribution in [3.05, 3.63) is 90.3 Å².